The molecule has 1 aromatic carbocycles. The van der Waals surface area contributed by atoms with Gasteiger partial charge in [-0.25, -0.2) is 4.79 Å². The van der Waals surface area contributed by atoms with Gasteiger partial charge in [-0.1, -0.05) is 18.2 Å². The molecule has 4 nitrogen and oxygen atoms in total. The maximum absolute atomic E-state index is 11.9. The van der Waals surface area contributed by atoms with Gasteiger partial charge in [0.25, 0.3) is 0 Å². The molecule has 0 amide bonds. The van der Waals surface area contributed by atoms with Crippen LogP contribution in [0.2, 0.25) is 0 Å². The lowest BCUT2D eigenvalue weighted by atomic mass is 10.3. The molecule has 0 aliphatic heterocycles. The molecule has 2 rings (SSSR count). The zero-order valence-electron chi connectivity index (χ0n) is 10.3. The second kappa shape index (κ2) is 6.24. The Balaban J connectivity index is 1.97. The predicted octanol–water partition coefficient (Wildman–Crippen LogP) is 3.04. The van der Waals surface area contributed by atoms with E-state index in [1.54, 1.807) is 0 Å². The minimum Gasteiger partial charge on any atom is -0.463 e. The number of rotatable bonds is 5. The molecular weight excluding hydrogens is 264 g/mol. The highest BCUT2D eigenvalue weighted by atomic mass is 32.2. The summed E-state index contributed by atoms with van der Waals surface area (Å²) in [6, 6.07) is 12.5. The van der Waals surface area contributed by atoms with Gasteiger partial charge in [-0.05, 0) is 24.3 Å². The largest absolute Gasteiger partial charge is 0.463 e. The number of benzene rings is 1. The van der Waals surface area contributed by atoms with Gasteiger partial charge in [0.15, 0.2) is 5.76 Å². The van der Waals surface area contributed by atoms with Crippen LogP contribution in [0.25, 0.3) is 0 Å². The van der Waals surface area contributed by atoms with Crippen LogP contribution in [0.15, 0.2) is 51.8 Å². The predicted molar refractivity (Wildman–Crippen MR) is 71.5 cm³/mol. The highest BCUT2D eigenvalue weighted by molar-refractivity contribution is 8.00. The number of furan rings is 1. The number of Topliss-reactive ketones (excluding diaryl/α,β-unsaturated/α-hetero) is 1. The van der Waals surface area contributed by atoms with E-state index in [0.717, 1.165) is 4.90 Å². The third-order valence-electron chi connectivity index (χ3n) is 2.38. The number of thioether (sulfide) groups is 1. The van der Waals surface area contributed by atoms with Crippen molar-refractivity contribution in [2.75, 3.05) is 12.9 Å². The van der Waals surface area contributed by atoms with E-state index in [4.69, 9.17) is 4.42 Å². The van der Waals surface area contributed by atoms with Crippen LogP contribution < -0.4 is 0 Å². The van der Waals surface area contributed by atoms with Gasteiger partial charge in [0.05, 0.1) is 12.9 Å². The van der Waals surface area contributed by atoms with Gasteiger partial charge in [-0.3, -0.25) is 4.79 Å². The number of esters is 1. The van der Waals surface area contributed by atoms with Gasteiger partial charge in [0.2, 0.25) is 11.5 Å². The number of ketones is 1. The first-order chi connectivity index (χ1) is 9.20. The van der Waals surface area contributed by atoms with E-state index >= 15 is 0 Å². The summed E-state index contributed by atoms with van der Waals surface area (Å²) in [7, 11) is 1.26. The second-order valence-corrected chi connectivity index (χ2v) is 4.73. The van der Waals surface area contributed by atoms with Crippen LogP contribution in [0.4, 0.5) is 0 Å². The Morgan fingerprint density at radius 1 is 1.11 bits per heavy atom. The topological polar surface area (TPSA) is 56.5 Å². The number of hydrogen-bond acceptors (Lipinski definition) is 5. The molecule has 19 heavy (non-hydrogen) atoms. The lowest BCUT2D eigenvalue weighted by Crippen LogP contribution is -2.02. The van der Waals surface area contributed by atoms with E-state index in [1.165, 1.54) is 31.0 Å². The molecule has 0 aliphatic carbocycles. The lowest BCUT2D eigenvalue weighted by Gasteiger charge is -1.99. The molecule has 0 unspecified atom stereocenters. The summed E-state index contributed by atoms with van der Waals surface area (Å²) in [4.78, 5) is 24.1. The van der Waals surface area contributed by atoms with Crippen LogP contribution in [0.1, 0.15) is 21.1 Å². The van der Waals surface area contributed by atoms with Crippen molar-refractivity contribution in [2.45, 2.75) is 4.90 Å². The van der Waals surface area contributed by atoms with Gasteiger partial charge in [-0.15, -0.1) is 11.8 Å². The number of carbonyl (C=O) groups is 2. The summed E-state index contributed by atoms with van der Waals surface area (Å²) in [5, 5.41) is 0. The summed E-state index contributed by atoms with van der Waals surface area (Å²) in [5.41, 5.74) is 0. The van der Waals surface area contributed by atoms with Crippen LogP contribution in [0, 0.1) is 0 Å². The molecule has 98 valence electrons. The summed E-state index contributed by atoms with van der Waals surface area (Å²) in [5.74, 6) is -0.281. The van der Waals surface area contributed by atoms with Crippen molar-refractivity contribution in [3.05, 3.63) is 54.0 Å². The standard InChI is InChI=1S/C14H12O4S/c1-17-14(16)13-8-7-12(18-13)11(15)9-19-10-5-3-2-4-6-10/h2-8H,9H2,1H3. The first kappa shape index (κ1) is 13.4. The van der Waals surface area contributed by atoms with Crippen molar-refractivity contribution in [2.24, 2.45) is 0 Å². The molecule has 0 saturated heterocycles. The molecule has 0 atom stereocenters. The van der Waals surface area contributed by atoms with Crippen molar-refractivity contribution in [3.8, 4) is 0 Å². The van der Waals surface area contributed by atoms with Gasteiger partial charge < -0.3 is 9.15 Å². The Labute approximate surface area is 114 Å². The minimum absolute atomic E-state index is 0.0376. The smallest absolute Gasteiger partial charge is 0.373 e. The summed E-state index contributed by atoms with van der Waals surface area (Å²) in [6.07, 6.45) is 0. The molecule has 0 aliphatic rings. The number of methoxy groups -OCH3 is 1. The molecule has 5 heteroatoms. The molecule has 0 bridgehead atoms. The summed E-state index contributed by atoms with van der Waals surface area (Å²) in [6.45, 7) is 0. The van der Waals surface area contributed by atoms with E-state index in [2.05, 4.69) is 4.74 Å². The Morgan fingerprint density at radius 3 is 2.47 bits per heavy atom. The Kier molecular flexibility index (Phi) is 4.41. The maximum atomic E-state index is 11.9. The maximum Gasteiger partial charge on any atom is 0.373 e. The minimum atomic E-state index is -0.588. The highest BCUT2D eigenvalue weighted by Crippen LogP contribution is 2.19. The van der Waals surface area contributed by atoms with Crippen LogP contribution in [-0.4, -0.2) is 24.6 Å². The fourth-order valence-electron chi connectivity index (χ4n) is 1.43. The molecule has 0 spiro atoms. The summed E-state index contributed by atoms with van der Waals surface area (Å²) >= 11 is 1.42. The van der Waals surface area contributed by atoms with Crippen LogP contribution >= 0.6 is 11.8 Å². The van der Waals surface area contributed by atoms with Gasteiger partial charge in [-0.2, -0.15) is 0 Å². The number of ether oxygens (including phenoxy) is 1. The van der Waals surface area contributed by atoms with Gasteiger partial charge >= 0.3 is 5.97 Å². The van der Waals surface area contributed by atoms with E-state index < -0.39 is 5.97 Å². The van der Waals surface area contributed by atoms with Crippen molar-refractivity contribution in [1.82, 2.24) is 0 Å². The quantitative estimate of drug-likeness (QED) is 0.477. The normalized spacial score (nSPS) is 10.2. The lowest BCUT2D eigenvalue weighted by molar-refractivity contribution is 0.0563. The number of hydrogen-bond donors (Lipinski definition) is 0. The monoisotopic (exact) mass is 276 g/mol. The molecule has 0 saturated carbocycles. The average molecular weight is 276 g/mol. The Hall–Kier alpha value is -2.01. The third kappa shape index (κ3) is 3.48. The van der Waals surface area contributed by atoms with Crippen LogP contribution in [0.3, 0.4) is 0 Å². The highest BCUT2D eigenvalue weighted by Gasteiger charge is 2.16. The van der Waals surface area contributed by atoms with Crippen molar-refractivity contribution in [1.29, 1.82) is 0 Å². The first-order valence-corrected chi connectivity index (χ1v) is 6.58. The fraction of sp³-hybridized carbons (Fsp3) is 0.143. The molecule has 0 radical (unpaired) electrons. The average Bonchev–Trinajstić information content (AvgIpc) is 2.95. The first-order valence-electron chi connectivity index (χ1n) is 5.60. The zero-order chi connectivity index (χ0) is 13.7. The third-order valence-corrected chi connectivity index (χ3v) is 3.39. The van der Waals surface area contributed by atoms with Crippen LogP contribution in [-0.2, 0) is 4.74 Å². The molecule has 2 aromatic rings. The van der Waals surface area contributed by atoms with Crippen molar-refractivity contribution in [3.63, 3.8) is 0 Å². The molecule has 0 fully saturated rings. The molecular formula is C14H12O4S. The van der Waals surface area contributed by atoms with Gasteiger partial charge in [0.1, 0.15) is 0 Å². The molecule has 1 heterocycles. The Morgan fingerprint density at radius 2 is 1.79 bits per heavy atom. The van der Waals surface area contributed by atoms with Crippen molar-refractivity contribution >= 4 is 23.5 Å². The Bertz CT molecular complexity index is 574. The van der Waals surface area contributed by atoms with Gasteiger partial charge in [0, 0.05) is 4.90 Å². The van der Waals surface area contributed by atoms with E-state index in [-0.39, 0.29) is 23.1 Å². The van der Waals surface area contributed by atoms with Crippen molar-refractivity contribution < 1.29 is 18.7 Å². The van der Waals surface area contributed by atoms with E-state index in [0.29, 0.717) is 0 Å². The molecule has 1 aromatic heterocycles. The van der Waals surface area contributed by atoms with E-state index in [9.17, 15) is 9.59 Å². The van der Waals surface area contributed by atoms with Crippen LogP contribution in [0.5, 0.6) is 0 Å². The van der Waals surface area contributed by atoms with E-state index in [1.807, 2.05) is 30.3 Å². The molecule has 0 N–H and O–H groups in total. The second-order valence-electron chi connectivity index (χ2n) is 3.68. The zero-order valence-corrected chi connectivity index (χ0v) is 11.1. The summed E-state index contributed by atoms with van der Waals surface area (Å²) < 4.78 is 9.66. The number of carbonyl (C=O) groups excluding carboxylic acids is 2. The SMILES string of the molecule is COC(=O)c1ccc(C(=O)CSc2ccccc2)o1. The fourth-order valence-corrected chi connectivity index (χ4v) is 2.22.